The highest BCUT2D eigenvalue weighted by molar-refractivity contribution is 5.87. The van der Waals surface area contributed by atoms with Gasteiger partial charge >= 0.3 is 5.97 Å². The molecule has 0 aliphatic rings. The summed E-state index contributed by atoms with van der Waals surface area (Å²) in [6.45, 7) is 0.0950. The van der Waals surface area contributed by atoms with Gasteiger partial charge in [-0.1, -0.05) is 6.07 Å². The summed E-state index contributed by atoms with van der Waals surface area (Å²) in [7, 11) is 0. The minimum atomic E-state index is -1.08. The molecule has 0 amide bonds. The number of rotatable bonds is 4. The number of aromatic nitrogens is 1. The maximum Gasteiger partial charge on any atom is 0.337 e. The average molecular weight is 264 g/mol. The number of carboxylic acid groups (broad SMARTS) is 1. The lowest BCUT2D eigenvalue weighted by atomic mass is 10.2. The standard InChI is InChI=1S/C13H10F2N2O2/c14-10-2-1-3-11(15)12(10)17-7-9-5-4-8(6-16-9)13(18)19/h1-6,17H,7H2,(H,18,19). The number of anilines is 1. The molecule has 0 atom stereocenters. The number of carbonyl (C=O) groups is 1. The number of nitrogens with zero attached hydrogens (tertiary/aromatic N) is 1. The van der Waals surface area contributed by atoms with Gasteiger partial charge in [-0.3, -0.25) is 4.98 Å². The first-order chi connectivity index (χ1) is 9.08. The monoisotopic (exact) mass is 264 g/mol. The Morgan fingerprint density at radius 2 is 1.89 bits per heavy atom. The highest BCUT2D eigenvalue weighted by Crippen LogP contribution is 2.18. The number of pyridine rings is 1. The van der Waals surface area contributed by atoms with E-state index in [1.165, 1.54) is 24.4 Å². The Hall–Kier alpha value is -2.50. The quantitative estimate of drug-likeness (QED) is 0.891. The van der Waals surface area contributed by atoms with Crippen LogP contribution < -0.4 is 5.32 Å². The molecule has 1 aromatic heterocycles. The van der Waals surface area contributed by atoms with E-state index in [1.54, 1.807) is 0 Å². The van der Waals surface area contributed by atoms with E-state index in [0.717, 1.165) is 12.1 Å². The number of carboxylic acids is 1. The van der Waals surface area contributed by atoms with E-state index in [9.17, 15) is 13.6 Å². The van der Waals surface area contributed by atoms with Crippen LogP contribution in [0.3, 0.4) is 0 Å². The van der Waals surface area contributed by atoms with Crippen LogP contribution in [0.1, 0.15) is 16.1 Å². The summed E-state index contributed by atoms with van der Waals surface area (Å²) in [5, 5.41) is 11.3. The lowest BCUT2D eigenvalue weighted by molar-refractivity contribution is 0.0696. The second-order valence-corrected chi connectivity index (χ2v) is 3.79. The topological polar surface area (TPSA) is 62.2 Å². The Labute approximate surface area is 107 Å². The van der Waals surface area contributed by atoms with Crippen LogP contribution in [0.25, 0.3) is 0 Å². The first kappa shape index (κ1) is 12.9. The van der Waals surface area contributed by atoms with Gasteiger partial charge in [0.2, 0.25) is 0 Å². The van der Waals surface area contributed by atoms with E-state index >= 15 is 0 Å². The molecular weight excluding hydrogens is 254 g/mol. The van der Waals surface area contributed by atoms with Crippen LogP contribution in [0.5, 0.6) is 0 Å². The summed E-state index contributed by atoms with van der Waals surface area (Å²) in [6, 6.07) is 6.42. The Kier molecular flexibility index (Phi) is 3.70. The lowest BCUT2D eigenvalue weighted by Crippen LogP contribution is -2.06. The van der Waals surface area contributed by atoms with Gasteiger partial charge in [-0.15, -0.1) is 0 Å². The summed E-state index contributed by atoms with van der Waals surface area (Å²) in [5.41, 5.74) is 0.306. The summed E-state index contributed by atoms with van der Waals surface area (Å²) in [6.07, 6.45) is 1.19. The number of nitrogens with one attached hydrogen (secondary N) is 1. The Bertz CT molecular complexity index is 580. The van der Waals surface area contributed by atoms with Crippen molar-refractivity contribution in [1.29, 1.82) is 0 Å². The zero-order valence-corrected chi connectivity index (χ0v) is 9.73. The second-order valence-electron chi connectivity index (χ2n) is 3.79. The number of para-hydroxylation sites is 1. The van der Waals surface area contributed by atoms with Crippen molar-refractivity contribution in [3.63, 3.8) is 0 Å². The van der Waals surface area contributed by atoms with E-state index in [-0.39, 0.29) is 17.8 Å². The molecular formula is C13H10F2N2O2. The molecule has 98 valence electrons. The molecule has 0 aliphatic carbocycles. The number of benzene rings is 1. The van der Waals surface area contributed by atoms with Crippen molar-refractivity contribution in [3.8, 4) is 0 Å². The normalized spacial score (nSPS) is 10.2. The average Bonchev–Trinajstić information content (AvgIpc) is 2.38. The maximum atomic E-state index is 13.3. The van der Waals surface area contributed by atoms with Crippen molar-refractivity contribution >= 4 is 11.7 Å². The van der Waals surface area contributed by atoms with Crippen LogP contribution in [0.4, 0.5) is 14.5 Å². The van der Waals surface area contributed by atoms with Crippen molar-refractivity contribution in [2.24, 2.45) is 0 Å². The van der Waals surface area contributed by atoms with E-state index in [2.05, 4.69) is 10.3 Å². The van der Waals surface area contributed by atoms with E-state index in [1.807, 2.05) is 0 Å². The molecule has 0 radical (unpaired) electrons. The van der Waals surface area contributed by atoms with Crippen LogP contribution in [0.2, 0.25) is 0 Å². The van der Waals surface area contributed by atoms with Gasteiger partial charge in [0, 0.05) is 6.20 Å². The van der Waals surface area contributed by atoms with Crippen LogP contribution >= 0.6 is 0 Å². The molecule has 2 N–H and O–H groups in total. The number of aromatic carboxylic acids is 1. The highest BCUT2D eigenvalue weighted by Gasteiger charge is 2.08. The summed E-state index contributed by atoms with van der Waals surface area (Å²) in [4.78, 5) is 14.5. The number of hydrogen-bond donors (Lipinski definition) is 2. The van der Waals surface area contributed by atoms with Crippen LogP contribution in [-0.4, -0.2) is 16.1 Å². The molecule has 0 unspecified atom stereocenters. The fraction of sp³-hybridized carbons (Fsp3) is 0.0769. The lowest BCUT2D eigenvalue weighted by Gasteiger charge is -2.08. The van der Waals surface area contributed by atoms with Gasteiger partial charge in [-0.25, -0.2) is 13.6 Å². The largest absolute Gasteiger partial charge is 0.478 e. The fourth-order valence-electron chi connectivity index (χ4n) is 1.50. The van der Waals surface area contributed by atoms with Gasteiger partial charge < -0.3 is 10.4 Å². The molecule has 0 fully saturated rings. The molecule has 4 nitrogen and oxygen atoms in total. The molecule has 2 aromatic rings. The molecule has 0 saturated heterocycles. The van der Waals surface area contributed by atoms with Crippen LogP contribution in [0.15, 0.2) is 36.5 Å². The third-order valence-corrected chi connectivity index (χ3v) is 2.48. The van der Waals surface area contributed by atoms with Gasteiger partial charge in [0.1, 0.15) is 17.3 Å². The molecule has 1 heterocycles. The third-order valence-electron chi connectivity index (χ3n) is 2.48. The zero-order valence-electron chi connectivity index (χ0n) is 9.73. The summed E-state index contributed by atoms with van der Waals surface area (Å²) in [5.74, 6) is -2.46. The van der Waals surface area contributed by atoms with Crippen molar-refractivity contribution in [3.05, 3.63) is 59.4 Å². The molecule has 19 heavy (non-hydrogen) atoms. The molecule has 0 spiro atoms. The van der Waals surface area contributed by atoms with E-state index < -0.39 is 17.6 Å². The van der Waals surface area contributed by atoms with Crippen LogP contribution in [-0.2, 0) is 6.54 Å². The van der Waals surface area contributed by atoms with Gasteiger partial charge in [0.25, 0.3) is 0 Å². The Morgan fingerprint density at radius 3 is 2.42 bits per heavy atom. The van der Waals surface area contributed by atoms with E-state index in [0.29, 0.717) is 5.69 Å². The molecule has 0 aliphatic heterocycles. The zero-order chi connectivity index (χ0) is 13.8. The Morgan fingerprint density at radius 1 is 1.21 bits per heavy atom. The van der Waals surface area contributed by atoms with Gasteiger partial charge in [-0.05, 0) is 24.3 Å². The van der Waals surface area contributed by atoms with Gasteiger partial charge in [0.05, 0.1) is 17.8 Å². The molecule has 6 heteroatoms. The molecule has 1 aromatic carbocycles. The first-order valence-corrected chi connectivity index (χ1v) is 5.44. The van der Waals surface area contributed by atoms with E-state index in [4.69, 9.17) is 5.11 Å². The smallest absolute Gasteiger partial charge is 0.337 e. The molecule has 2 rings (SSSR count). The summed E-state index contributed by atoms with van der Waals surface area (Å²) >= 11 is 0. The first-order valence-electron chi connectivity index (χ1n) is 5.44. The third kappa shape index (κ3) is 3.04. The minimum absolute atomic E-state index is 0.0563. The highest BCUT2D eigenvalue weighted by atomic mass is 19.1. The number of hydrogen-bond acceptors (Lipinski definition) is 3. The number of halogens is 2. The summed E-state index contributed by atoms with van der Waals surface area (Å²) < 4.78 is 26.6. The van der Waals surface area contributed by atoms with Crippen molar-refractivity contribution in [2.45, 2.75) is 6.54 Å². The van der Waals surface area contributed by atoms with Gasteiger partial charge in [0.15, 0.2) is 0 Å². The predicted molar refractivity (Wildman–Crippen MR) is 64.9 cm³/mol. The minimum Gasteiger partial charge on any atom is -0.478 e. The van der Waals surface area contributed by atoms with Crippen molar-refractivity contribution in [1.82, 2.24) is 4.98 Å². The predicted octanol–water partition coefficient (Wildman–Crippen LogP) is 2.67. The second kappa shape index (κ2) is 5.43. The molecule has 0 saturated carbocycles. The van der Waals surface area contributed by atoms with Crippen molar-refractivity contribution in [2.75, 3.05) is 5.32 Å². The molecule has 0 bridgehead atoms. The SMILES string of the molecule is O=C(O)c1ccc(CNc2c(F)cccc2F)nc1. The fourth-order valence-corrected chi connectivity index (χ4v) is 1.50. The maximum absolute atomic E-state index is 13.3. The van der Waals surface area contributed by atoms with Crippen LogP contribution in [0, 0.1) is 11.6 Å². The van der Waals surface area contributed by atoms with Gasteiger partial charge in [-0.2, -0.15) is 0 Å². The van der Waals surface area contributed by atoms with Crippen molar-refractivity contribution < 1.29 is 18.7 Å². The Balaban J connectivity index is 2.08.